The third-order valence-electron chi connectivity index (χ3n) is 5.03. The minimum absolute atomic E-state index is 0.101. The summed E-state index contributed by atoms with van der Waals surface area (Å²) in [6, 6.07) is 5.58. The average Bonchev–Trinajstić information content (AvgIpc) is 2.74. The second-order valence-electron chi connectivity index (χ2n) is 7.08. The Kier molecular flexibility index (Phi) is 7.24. The van der Waals surface area contributed by atoms with E-state index in [-0.39, 0.29) is 34.7 Å². The lowest BCUT2D eigenvalue weighted by atomic mass is 9.91. The third-order valence-corrected chi connectivity index (χ3v) is 5.46. The molecule has 2 N–H and O–H groups in total. The van der Waals surface area contributed by atoms with Crippen molar-refractivity contribution in [1.29, 1.82) is 0 Å². The van der Waals surface area contributed by atoms with E-state index in [1.165, 1.54) is 24.6 Å². The molecule has 1 saturated carbocycles. The first-order chi connectivity index (χ1) is 14.4. The number of benzene rings is 2. The van der Waals surface area contributed by atoms with Crippen LogP contribution in [0, 0.1) is 0 Å². The number of aromatic hydroxyl groups is 2. The van der Waals surface area contributed by atoms with Crippen LogP contribution in [0.2, 0.25) is 10.0 Å². The van der Waals surface area contributed by atoms with Crippen molar-refractivity contribution in [2.75, 3.05) is 0 Å². The first kappa shape index (κ1) is 22.0. The molecule has 2 atom stereocenters. The van der Waals surface area contributed by atoms with E-state index in [9.17, 15) is 19.8 Å². The average molecular weight is 447 g/mol. The Morgan fingerprint density at radius 2 is 1.10 bits per heavy atom. The van der Waals surface area contributed by atoms with Crippen LogP contribution in [0.3, 0.4) is 0 Å². The zero-order valence-electron chi connectivity index (χ0n) is 16.0. The number of carbonyl (C=O) groups is 2. The minimum atomic E-state index is -0.167. The molecule has 0 saturated heterocycles. The number of aliphatic imine (C=N–C) groups is 2. The third kappa shape index (κ3) is 5.07. The number of hydrogen-bond acceptors (Lipinski definition) is 6. The van der Waals surface area contributed by atoms with E-state index in [0.29, 0.717) is 33.7 Å². The van der Waals surface area contributed by atoms with Gasteiger partial charge in [0.2, 0.25) is 0 Å². The fourth-order valence-corrected chi connectivity index (χ4v) is 3.92. The molecule has 3 rings (SSSR count). The molecule has 0 spiro atoms. The maximum atomic E-state index is 11.1. The molecule has 2 aromatic rings. The van der Waals surface area contributed by atoms with E-state index in [1.807, 2.05) is 0 Å². The predicted octanol–water partition coefficient (Wildman–Crippen LogP) is 4.88. The molecule has 1 aliphatic carbocycles. The van der Waals surface area contributed by atoms with Crippen LogP contribution in [0.15, 0.2) is 34.3 Å². The highest BCUT2D eigenvalue weighted by Crippen LogP contribution is 2.28. The van der Waals surface area contributed by atoms with Gasteiger partial charge in [0.25, 0.3) is 0 Å². The van der Waals surface area contributed by atoms with Gasteiger partial charge in [-0.05, 0) is 37.1 Å². The zero-order chi connectivity index (χ0) is 21.7. The smallest absolute Gasteiger partial charge is 0.153 e. The zero-order valence-corrected chi connectivity index (χ0v) is 17.5. The van der Waals surface area contributed by atoms with E-state index in [0.717, 1.165) is 25.7 Å². The summed E-state index contributed by atoms with van der Waals surface area (Å²) in [6.45, 7) is 0. The highest BCUT2D eigenvalue weighted by Gasteiger charge is 2.23. The quantitative estimate of drug-likeness (QED) is 0.487. The van der Waals surface area contributed by atoms with Crippen LogP contribution in [0.4, 0.5) is 0 Å². The molecule has 0 aromatic heterocycles. The van der Waals surface area contributed by atoms with Crippen molar-refractivity contribution in [3.8, 4) is 11.5 Å². The summed E-state index contributed by atoms with van der Waals surface area (Å²) in [6.07, 6.45) is 7.69. The second-order valence-corrected chi connectivity index (χ2v) is 7.95. The topological polar surface area (TPSA) is 99.3 Å². The molecule has 8 heteroatoms. The fraction of sp³-hybridized carbons (Fsp3) is 0.273. The van der Waals surface area contributed by atoms with Gasteiger partial charge in [-0.3, -0.25) is 19.6 Å². The number of hydrogen-bond donors (Lipinski definition) is 2. The van der Waals surface area contributed by atoms with Crippen LogP contribution in [0.1, 0.15) is 57.5 Å². The van der Waals surface area contributed by atoms with Crippen molar-refractivity contribution in [3.63, 3.8) is 0 Å². The summed E-state index contributed by atoms with van der Waals surface area (Å²) in [5, 5.41) is 21.0. The van der Waals surface area contributed by atoms with Crippen molar-refractivity contribution in [3.05, 3.63) is 56.6 Å². The van der Waals surface area contributed by atoms with Gasteiger partial charge in [0, 0.05) is 33.6 Å². The van der Waals surface area contributed by atoms with Gasteiger partial charge in [-0.2, -0.15) is 0 Å². The van der Waals surface area contributed by atoms with Crippen LogP contribution in [0.5, 0.6) is 11.5 Å². The normalized spacial score (nSPS) is 19.4. The van der Waals surface area contributed by atoms with Crippen LogP contribution in [0.25, 0.3) is 0 Å². The van der Waals surface area contributed by atoms with Gasteiger partial charge in [-0.25, -0.2) is 0 Å². The number of carbonyl (C=O) groups excluding carboxylic acids is 2. The summed E-state index contributed by atoms with van der Waals surface area (Å²) < 4.78 is 0. The molecule has 0 unspecified atom stereocenters. The van der Waals surface area contributed by atoms with E-state index >= 15 is 0 Å². The Morgan fingerprint density at radius 3 is 1.47 bits per heavy atom. The molecule has 156 valence electrons. The minimum Gasteiger partial charge on any atom is -0.507 e. The largest absolute Gasteiger partial charge is 0.507 e. The summed E-state index contributed by atoms with van der Waals surface area (Å²) in [4.78, 5) is 31.3. The number of aldehydes is 2. The molecule has 0 radical (unpaired) electrons. The lowest BCUT2D eigenvalue weighted by Crippen LogP contribution is -2.27. The van der Waals surface area contributed by atoms with Crippen molar-refractivity contribution in [2.45, 2.75) is 37.8 Å². The SMILES string of the molecule is O=Cc1cc(Cl)cc(C=N[C@H]2CCCC[C@@H]2N=Cc2cc(Cl)cc(C=O)c2O)c1O. The van der Waals surface area contributed by atoms with Crippen LogP contribution in [-0.2, 0) is 0 Å². The van der Waals surface area contributed by atoms with Gasteiger partial charge in [-0.15, -0.1) is 0 Å². The molecular weight excluding hydrogens is 427 g/mol. The Bertz CT molecular complexity index is 939. The molecule has 6 nitrogen and oxygen atoms in total. The number of phenols is 2. The molecule has 1 aliphatic rings. The fourth-order valence-electron chi connectivity index (χ4n) is 3.45. The lowest BCUT2D eigenvalue weighted by Gasteiger charge is -2.25. The Morgan fingerprint density at radius 1 is 0.733 bits per heavy atom. The molecular formula is C22H20Cl2N2O4. The first-order valence-corrected chi connectivity index (χ1v) is 10.2. The molecule has 30 heavy (non-hydrogen) atoms. The Hall–Kier alpha value is -2.70. The van der Waals surface area contributed by atoms with Crippen LogP contribution >= 0.6 is 23.2 Å². The van der Waals surface area contributed by atoms with Crippen molar-refractivity contribution in [1.82, 2.24) is 0 Å². The van der Waals surface area contributed by atoms with Gasteiger partial charge in [-0.1, -0.05) is 36.0 Å². The molecule has 2 aromatic carbocycles. The summed E-state index contributed by atoms with van der Waals surface area (Å²) in [5.41, 5.74) is 0.927. The Labute approximate surface area is 183 Å². The van der Waals surface area contributed by atoms with E-state index < -0.39 is 0 Å². The molecule has 0 amide bonds. The van der Waals surface area contributed by atoms with Gasteiger partial charge in [0.05, 0.1) is 23.2 Å². The molecule has 0 heterocycles. The summed E-state index contributed by atoms with van der Waals surface area (Å²) in [7, 11) is 0. The molecule has 0 bridgehead atoms. The molecule has 1 fully saturated rings. The lowest BCUT2D eigenvalue weighted by molar-refractivity contribution is 0.111. The van der Waals surface area contributed by atoms with Gasteiger partial charge >= 0.3 is 0 Å². The van der Waals surface area contributed by atoms with Crippen molar-refractivity contribution >= 4 is 48.2 Å². The number of phenolic OH excluding ortho intramolecular Hbond substituents is 2. The van der Waals surface area contributed by atoms with Gasteiger partial charge in [0.15, 0.2) is 12.6 Å². The van der Waals surface area contributed by atoms with Crippen molar-refractivity contribution in [2.24, 2.45) is 9.98 Å². The van der Waals surface area contributed by atoms with Gasteiger partial charge in [0.1, 0.15) is 11.5 Å². The summed E-state index contributed by atoms with van der Waals surface area (Å²) in [5.74, 6) is -0.335. The number of rotatable bonds is 6. The molecule has 0 aliphatic heterocycles. The van der Waals surface area contributed by atoms with Crippen molar-refractivity contribution < 1.29 is 19.8 Å². The predicted molar refractivity (Wildman–Crippen MR) is 118 cm³/mol. The van der Waals surface area contributed by atoms with Crippen LogP contribution < -0.4 is 0 Å². The monoisotopic (exact) mass is 446 g/mol. The van der Waals surface area contributed by atoms with E-state index in [1.54, 1.807) is 12.1 Å². The first-order valence-electron chi connectivity index (χ1n) is 9.44. The highest BCUT2D eigenvalue weighted by molar-refractivity contribution is 6.31. The maximum absolute atomic E-state index is 11.1. The number of nitrogens with zero attached hydrogens (tertiary/aromatic N) is 2. The number of halogens is 2. The summed E-state index contributed by atoms with van der Waals surface area (Å²) >= 11 is 12.0. The standard InChI is InChI=1S/C22H20Cl2N2O4/c23-17-5-13(21(29)15(7-17)11-27)9-25-19-3-1-2-4-20(19)26-10-14-6-18(24)8-16(12-28)22(14)30/h5-12,19-20,29-30H,1-4H2/t19-,20-/m0/s1. The maximum Gasteiger partial charge on any atom is 0.153 e. The van der Waals surface area contributed by atoms with Crippen LogP contribution in [-0.4, -0.2) is 47.3 Å². The van der Waals surface area contributed by atoms with Gasteiger partial charge < -0.3 is 10.2 Å². The van der Waals surface area contributed by atoms with E-state index in [4.69, 9.17) is 23.2 Å². The van der Waals surface area contributed by atoms with E-state index in [2.05, 4.69) is 9.98 Å². The highest BCUT2D eigenvalue weighted by atomic mass is 35.5. The Balaban J connectivity index is 1.84. The second kappa shape index (κ2) is 9.87.